The first-order chi connectivity index (χ1) is 7.56. The molecule has 0 saturated heterocycles. The van der Waals surface area contributed by atoms with Crippen molar-refractivity contribution in [1.29, 1.82) is 0 Å². The highest BCUT2D eigenvalue weighted by Crippen LogP contribution is 2.27. The van der Waals surface area contributed by atoms with E-state index in [4.69, 9.17) is 21.4 Å². The number of halogens is 2. The molecule has 4 nitrogen and oxygen atoms in total. The van der Waals surface area contributed by atoms with Gasteiger partial charge in [0.1, 0.15) is 17.0 Å². The highest BCUT2D eigenvalue weighted by atomic mass is 35.5. The Labute approximate surface area is 99.7 Å². The second-order valence-electron chi connectivity index (χ2n) is 3.23. The third-order valence-corrected chi connectivity index (χ3v) is 2.81. The Balaban J connectivity index is 2.34. The zero-order valence-electron chi connectivity index (χ0n) is 8.28. The van der Waals surface area contributed by atoms with Gasteiger partial charge in [-0.15, -0.1) is 0 Å². The van der Waals surface area contributed by atoms with Crippen LogP contribution in [0.3, 0.4) is 0 Å². The molecule has 2 heterocycles. The molecule has 0 radical (unpaired) electrons. The fourth-order valence-corrected chi connectivity index (χ4v) is 2.05. The number of aliphatic hydroxyl groups excluding tert-OH is 1. The summed E-state index contributed by atoms with van der Waals surface area (Å²) in [5.74, 6) is -0.760. The molecule has 2 aromatic heterocycles. The minimum absolute atomic E-state index is 0.0119. The SMILES string of the molecule is CC(O)COc1nc2sc(Cl)nc2cc1F. The topological polar surface area (TPSA) is 55.2 Å². The molecule has 2 rings (SSSR count). The predicted molar refractivity (Wildman–Crippen MR) is 59.6 cm³/mol. The normalized spacial score (nSPS) is 13.0. The largest absolute Gasteiger partial charge is 0.473 e. The molecule has 2 aromatic rings. The van der Waals surface area contributed by atoms with Crippen LogP contribution in [0.4, 0.5) is 4.39 Å². The standard InChI is InChI=1S/C9H8ClFN2O2S/c1-4(14)3-15-7-5(11)2-6-8(13-7)16-9(10)12-6/h2,4,14H,3H2,1H3. The maximum atomic E-state index is 13.4. The van der Waals surface area contributed by atoms with Gasteiger partial charge < -0.3 is 9.84 Å². The molecule has 1 atom stereocenters. The zero-order chi connectivity index (χ0) is 11.7. The monoisotopic (exact) mass is 262 g/mol. The average molecular weight is 263 g/mol. The molecule has 1 unspecified atom stereocenters. The van der Waals surface area contributed by atoms with Crippen LogP contribution >= 0.6 is 22.9 Å². The van der Waals surface area contributed by atoms with E-state index in [1.807, 2.05) is 0 Å². The van der Waals surface area contributed by atoms with E-state index in [2.05, 4.69) is 9.97 Å². The van der Waals surface area contributed by atoms with Crippen molar-refractivity contribution >= 4 is 33.3 Å². The number of hydrogen-bond acceptors (Lipinski definition) is 5. The van der Waals surface area contributed by atoms with E-state index in [9.17, 15) is 4.39 Å². The van der Waals surface area contributed by atoms with Gasteiger partial charge in [-0.2, -0.15) is 4.98 Å². The van der Waals surface area contributed by atoms with Crippen LogP contribution in [0, 0.1) is 5.82 Å². The third kappa shape index (κ3) is 2.40. The molecule has 0 spiro atoms. The van der Waals surface area contributed by atoms with E-state index in [1.54, 1.807) is 6.92 Å². The second-order valence-corrected chi connectivity index (χ2v) is 4.79. The van der Waals surface area contributed by atoms with Gasteiger partial charge in [-0.25, -0.2) is 9.37 Å². The second kappa shape index (κ2) is 4.48. The van der Waals surface area contributed by atoms with E-state index >= 15 is 0 Å². The Morgan fingerprint density at radius 1 is 1.62 bits per heavy atom. The van der Waals surface area contributed by atoms with Crippen LogP contribution in [0.2, 0.25) is 4.47 Å². The number of rotatable bonds is 3. The van der Waals surface area contributed by atoms with Gasteiger partial charge in [-0.05, 0) is 6.92 Å². The van der Waals surface area contributed by atoms with Gasteiger partial charge in [0.2, 0.25) is 0 Å². The smallest absolute Gasteiger partial charge is 0.252 e. The molecule has 86 valence electrons. The summed E-state index contributed by atoms with van der Waals surface area (Å²) < 4.78 is 18.7. The summed E-state index contributed by atoms with van der Waals surface area (Å²) in [5.41, 5.74) is 0.400. The molecule has 0 bridgehead atoms. The summed E-state index contributed by atoms with van der Waals surface area (Å²) >= 11 is 6.82. The molecule has 0 saturated carbocycles. The van der Waals surface area contributed by atoms with Crippen LogP contribution in [0.15, 0.2) is 6.07 Å². The van der Waals surface area contributed by atoms with Gasteiger partial charge in [-0.1, -0.05) is 22.9 Å². The number of ether oxygens (including phenoxy) is 1. The van der Waals surface area contributed by atoms with E-state index in [-0.39, 0.29) is 12.5 Å². The molecule has 0 aliphatic heterocycles. The molecular formula is C9H8ClFN2O2S. The number of nitrogens with zero attached hydrogens (tertiary/aromatic N) is 2. The van der Waals surface area contributed by atoms with Crippen molar-refractivity contribution in [2.75, 3.05) is 6.61 Å². The molecule has 16 heavy (non-hydrogen) atoms. The Morgan fingerprint density at radius 3 is 3.06 bits per heavy atom. The number of aliphatic hydroxyl groups is 1. The van der Waals surface area contributed by atoms with E-state index in [0.29, 0.717) is 14.8 Å². The summed E-state index contributed by atoms with van der Waals surface area (Å²) in [6.45, 7) is 1.53. The average Bonchev–Trinajstić information content (AvgIpc) is 2.53. The molecule has 7 heteroatoms. The number of hydrogen-bond donors (Lipinski definition) is 1. The quantitative estimate of drug-likeness (QED) is 0.922. The fourth-order valence-electron chi connectivity index (χ4n) is 1.10. The first-order valence-electron chi connectivity index (χ1n) is 4.49. The summed E-state index contributed by atoms with van der Waals surface area (Å²) in [6, 6.07) is 1.21. The maximum Gasteiger partial charge on any atom is 0.252 e. The molecule has 0 amide bonds. The van der Waals surface area contributed by atoms with E-state index < -0.39 is 11.9 Å². The van der Waals surface area contributed by atoms with Crippen LogP contribution in [0.5, 0.6) is 5.88 Å². The number of fused-ring (bicyclic) bond motifs is 1. The van der Waals surface area contributed by atoms with Crippen LogP contribution < -0.4 is 4.74 Å². The highest BCUT2D eigenvalue weighted by Gasteiger charge is 2.12. The van der Waals surface area contributed by atoms with Crippen LogP contribution in [0.25, 0.3) is 10.3 Å². The molecule has 1 N–H and O–H groups in total. The molecular weight excluding hydrogens is 255 g/mol. The molecule has 0 aliphatic rings. The number of pyridine rings is 1. The minimum Gasteiger partial charge on any atom is -0.473 e. The summed E-state index contributed by atoms with van der Waals surface area (Å²) in [7, 11) is 0. The van der Waals surface area contributed by atoms with Gasteiger partial charge in [-0.3, -0.25) is 0 Å². The Kier molecular flexibility index (Phi) is 3.22. The Morgan fingerprint density at radius 2 is 2.38 bits per heavy atom. The maximum absolute atomic E-state index is 13.4. The van der Waals surface area contributed by atoms with Crippen LogP contribution in [-0.4, -0.2) is 27.8 Å². The van der Waals surface area contributed by atoms with E-state index in [0.717, 1.165) is 11.3 Å². The third-order valence-electron chi connectivity index (χ3n) is 1.74. The van der Waals surface area contributed by atoms with Crippen molar-refractivity contribution in [2.45, 2.75) is 13.0 Å². The summed E-state index contributed by atoms with van der Waals surface area (Å²) in [5, 5.41) is 9.02. The molecule has 0 aromatic carbocycles. The highest BCUT2D eigenvalue weighted by molar-refractivity contribution is 7.21. The van der Waals surface area contributed by atoms with Gasteiger partial charge in [0.25, 0.3) is 5.88 Å². The van der Waals surface area contributed by atoms with Crippen molar-refractivity contribution < 1.29 is 14.2 Å². The van der Waals surface area contributed by atoms with Gasteiger partial charge in [0.05, 0.1) is 6.10 Å². The van der Waals surface area contributed by atoms with Crippen molar-refractivity contribution in [2.24, 2.45) is 0 Å². The van der Waals surface area contributed by atoms with E-state index in [1.165, 1.54) is 6.07 Å². The lowest BCUT2D eigenvalue weighted by molar-refractivity contribution is 0.117. The lowest BCUT2D eigenvalue weighted by Gasteiger charge is -2.07. The Bertz CT molecular complexity index is 517. The predicted octanol–water partition coefficient (Wildman–Crippen LogP) is 2.24. The van der Waals surface area contributed by atoms with Crippen LogP contribution in [-0.2, 0) is 0 Å². The van der Waals surface area contributed by atoms with Crippen molar-refractivity contribution in [3.05, 3.63) is 16.4 Å². The van der Waals surface area contributed by atoms with Gasteiger partial charge in [0, 0.05) is 6.07 Å². The Hall–Kier alpha value is -0.980. The lowest BCUT2D eigenvalue weighted by atomic mass is 10.4. The summed E-state index contributed by atoms with van der Waals surface area (Å²) in [6.07, 6.45) is -0.679. The number of thiazole rings is 1. The lowest BCUT2D eigenvalue weighted by Crippen LogP contribution is -2.14. The van der Waals surface area contributed by atoms with Crippen molar-refractivity contribution in [1.82, 2.24) is 9.97 Å². The van der Waals surface area contributed by atoms with Crippen molar-refractivity contribution in [3.63, 3.8) is 0 Å². The summed E-state index contributed by atoms with van der Waals surface area (Å²) in [4.78, 5) is 8.32. The van der Waals surface area contributed by atoms with Crippen LogP contribution in [0.1, 0.15) is 6.92 Å². The fraction of sp³-hybridized carbons (Fsp3) is 0.333. The van der Waals surface area contributed by atoms with Gasteiger partial charge in [0.15, 0.2) is 10.3 Å². The minimum atomic E-state index is -0.679. The zero-order valence-corrected chi connectivity index (χ0v) is 9.85. The number of aromatic nitrogens is 2. The molecule has 0 fully saturated rings. The molecule has 0 aliphatic carbocycles. The first kappa shape index (κ1) is 11.5. The first-order valence-corrected chi connectivity index (χ1v) is 5.69. The van der Waals surface area contributed by atoms with Crippen molar-refractivity contribution in [3.8, 4) is 5.88 Å². The van der Waals surface area contributed by atoms with Gasteiger partial charge >= 0.3 is 0 Å².